The maximum absolute atomic E-state index is 5.10. The first-order valence-electron chi connectivity index (χ1n) is 3.35. The maximum Gasteiger partial charge on any atom is 0.125 e. The van der Waals surface area contributed by atoms with Crippen LogP contribution in [-0.4, -0.2) is 12.1 Å². The van der Waals surface area contributed by atoms with Gasteiger partial charge >= 0.3 is 0 Å². The molecule has 0 radical (unpaired) electrons. The van der Waals surface area contributed by atoms with Crippen molar-refractivity contribution in [3.8, 4) is 5.75 Å². The van der Waals surface area contributed by atoms with Crippen molar-refractivity contribution in [3.05, 3.63) is 24.0 Å². The standard InChI is InChI=1S/C8H11NO/c1-3-7-6-9-5-4-8(7)10-2/h4-6H,3H2,1-2H3. The third kappa shape index (κ3) is 1.26. The molecular formula is C8H11NO. The largest absolute Gasteiger partial charge is 0.496 e. The number of aromatic nitrogens is 1. The molecule has 0 aliphatic heterocycles. The quantitative estimate of drug-likeness (QED) is 0.618. The van der Waals surface area contributed by atoms with E-state index in [1.54, 1.807) is 13.3 Å². The number of pyridine rings is 1. The maximum atomic E-state index is 5.10. The predicted molar refractivity (Wildman–Crippen MR) is 40.2 cm³/mol. The summed E-state index contributed by atoms with van der Waals surface area (Å²) in [6, 6.07) is 1.87. The number of ether oxygens (including phenoxy) is 1. The lowest BCUT2D eigenvalue weighted by Crippen LogP contribution is -1.90. The highest BCUT2D eigenvalue weighted by atomic mass is 16.5. The summed E-state index contributed by atoms with van der Waals surface area (Å²) in [5, 5.41) is 0. The van der Waals surface area contributed by atoms with Crippen LogP contribution in [0.2, 0.25) is 0 Å². The SMILES string of the molecule is CCc1cnccc1OC. The van der Waals surface area contributed by atoms with Crippen LogP contribution in [0.3, 0.4) is 0 Å². The minimum Gasteiger partial charge on any atom is -0.496 e. The van der Waals surface area contributed by atoms with Crippen LogP contribution in [0, 0.1) is 0 Å². The van der Waals surface area contributed by atoms with Crippen LogP contribution in [-0.2, 0) is 6.42 Å². The molecule has 0 atom stereocenters. The van der Waals surface area contributed by atoms with Crippen LogP contribution in [0.5, 0.6) is 5.75 Å². The van der Waals surface area contributed by atoms with Gasteiger partial charge in [-0.3, -0.25) is 4.98 Å². The molecule has 0 saturated heterocycles. The molecule has 1 aromatic rings. The van der Waals surface area contributed by atoms with E-state index in [0.29, 0.717) is 0 Å². The van der Waals surface area contributed by atoms with Gasteiger partial charge in [0.05, 0.1) is 7.11 Å². The highest BCUT2D eigenvalue weighted by molar-refractivity contribution is 5.29. The van der Waals surface area contributed by atoms with Crippen molar-refractivity contribution in [2.24, 2.45) is 0 Å². The van der Waals surface area contributed by atoms with Gasteiger partial charge in [-0.15, -0.1) is 0 Å². The van der Waals surface area contributed by atoms with Gasteiger partial charge in [-0.2, -0.15) is 0 Å². The third-order valence-electron chi connectivity index (χ3n) is 1.46. The molecule has 2 nitrogen and oxygen atoms in total. The molecule has 0 saturated carbocycles. The second-order valence-electron chi connectivity index (χ2n) is 2.04. The summed E-state index contributed by atoms with van der Waals surface area (Å²) < 4.78 is 5.10. The molecule has 0 aromatic carbocycles. The first-order chi connectivity index (χ1) is 4.88. The Morgan fingerprint density at radius 1 is 1.60 bits per heavy atom. The zero-order chi connectivity index (χ0) is 7.40. The van der Waals surface area contributed by atoms with E-state index in [9.17, 15) is 0 Å². The number of methoxy groups -OCH3 is 1. The van der Waals surface area contributed by atoms with Crippen LogP contribution in [0.15, 0.2) is 18.5 Å². The van der Waals surface area contributed by atoms with E-state index in [-0.39, 0.29) is 0 Å². The second-order valence-corrected chi connectivity index (χ2v) is 2.04. The van der Waals surface area contributed by atoms with Crippen molar-refractivity contribution in [2.45, 2.75) is 13.3 Å². The molecule has 0 N–H and O–H groups in total. The van der Waals surface area contributed by atoms with Gasteiger partial charge in [0.15, 0.2) is 0 Å². The highest BCUT2D eigenvalue weighted by Crippen LogP contribution is 2.15. The van der Waals surface area contributed by atoms with E-state index in [0.717, 1.165) is 17.7 Å². The van der Waals surface area contributed by atoms with Crippen molar-refractivity contribution < 1.29 is 4.74 Å². The average Bonchev–Trinajstić information content (AvgIpc) is 2.04. The summed E-state index contributed by atoms with van der Waals surface area (Å²) in [7, 11) is 1.68. The van der Waals surface area contributed by atoms with Gasteiger partial charge in [0.2, 0.25) is 0 Å². The number of nitrogens with zero attached hydrogens (tertiary/aromatic N) is 1. The molecular weight excluding hydrogens is 126 g/mol. The van der Waals surface area contributed by atoms with Gasteiger partial charge in [-0.05, 0) is 12.5 Å². The fraction of sp³-hybridized carbons (Fsp3) is 0.375. The lowest BCUT2D eigenvalue weighted by atomic mass is 10.2. The minimum absolute atomic E-state index is 0.928. The zero-order valence-corrected chi connectivity index (χ0v) is 6.29. The third-order valence-corrected chi connectivity index (χ3v) is 1.46. The minimum atomic E-state index is 0.928. The summed E-state index contributed by atoms with van der Waals surface area (Å²) in [5.74, 6) is 0.928. The Morgan fingerprint density at radius 2 is 2.40 bits per heavy atom. The van der Waals surface area contributed by atoms with E-state index in [1.807, 2.05) is 12.3 Å². The monoisotopic (exact) mass is 137 g/mol. The van der Waals surface area contributed by atoms with Crippen molar-refractivity contribution in [3.63, 3.8) is 0 Å². The Labute approximate surface area is 60.9 Å². The van der Waals surface area contributed by atoms with Gasteiger partial charge in [0.25, 0.3) is 0 Å². The summed E-state index contributed by atoms with van der Waals surface area (Å²) in [5.41, 5.74) is 1.16. The van der Waals surface area contributed by atoms with Crippen molar-refractivity contribution in [2.75, 3.05) is 7.11 Å². The smallest absolute Gasteiger partial charge is 0.125 e. The molecule has 2 heteroatoms. The molecule has 1 aromatic heterocycles. The summed E-state index contributed by atoms with van der Waals surface area (Å²) in [6.45, 7) is 2.08. The zero-order valence-electron chi connectivity index (χ0n) is 6.29. The van der Waals surface area contributed by atoms with Crippen LogP contribution >= 0.6 is 0 Å². The van der Waals surface area contributed by atoms with E-state index >= 15 is 0 Å². The molecule has 0 aliphatic rings. The van der Waals surface area contributed by atoms with E-state index in [2.05, 4.69) is 11.9 Å². The van der Waals surface area contributed by atoms with Crippen LogP contribution in [0.1, 0.15) is 12.5 Å². The molecule has 1 heterocycles. The first kappa shape index (κ1) is 7.06. The number of hydrogen-bond acceptors (Lipinski definition) is 2. The van der Waals surface area contributed by atoms with Gasteiger partial charge in [0.1, 0.15) is 5.75 Å². The highest BCUT2D eigenvalue weighted by Gasteiger charge is 1.96. The van der Waals surface area contributed by atoms with Crippen molar-refractivity contribution in [1.82, 2.24) is 4.98 Å². The summed E-state index contributed by atoms with van der Waals surface area (Å²) in [4.78, 5) is 3.98. The van der Waals surface area contributed by atoms with E-state index in [4.69, 9.17) is 4.74 Å². The molecule has 54 valence electrons. The van der Waals surface area contributed by atoms with E-state index in [1.165, 1.54) is 0 Å². The summed E-state index contributed by atoms with van der Waals surface area (Å²) in [6.07, 6.45) is 4.54. The lowest BCUT2D eigenvalue weighted by Gasteiger charge is -2.03. The van der Waals surface area contributed by atoms with Gasteiger partial charge in [-0.25, -0.2) is 0 Å². The molecule has 10 heavy (non-hydrogen) atoms. The molecule has 0 amide bonds. The Balaban J connectivity index is 2.96. The fourth-order valence-corrected chi connectivity index (χ4v) is 0.879. The molecule has 0 fully saturated rings. The Hall–Kier alpha value is -1.05. The Kier molecular flexibility index (Phi) is 2.26. The van der Waals surface area contributed by atoms with E-state index < -0.39 is 0 Å². The van der Waals surface area contributed by atoms with Gasteiger partial charge in [0, 0.05) is 18.0 Å². The lowest BCUT2D eigenvalue weighted by molar-refractivity contribution is 0.409. The van der Waals surface area contributed by atoms with Gasteiger partial charge in [-0.1, -0.05) is 6.92 Å². The number of rotatable bonds is 2. The second kappa shape index (κ2) is 3.20. The average molecular weight is 137 g/mol. The van der Waals surface area contributed by atoms with Crippen LogP contribution < -0.4 is 4.74 Å². The molecule has 1 rings (SSSR count). The first-order valence-corrected chi connectivity index (χ1v) is 3.35. The fourth-order valence-electron chi connectivity index (χ4n) is 0.879. The van der Waals surface area contributed by atoms with Crippen LogP contribution in [0.4, 0.5) is 0 Å². The number of aryl methyl sites for hydroxylation is 1. The molecule has 0 bridgehead atoms. The van der Waals surface area contributed by atoms with Crippen LogP contribution in [0.25, 0.3) is 0 Å². The van der Waals surface area contributed by atoms with Gasteiger partial charge < -0.3 is 4.74 Å². The molecule has 0 spiro atoms. The predicted octanol–water partition coefficient (Wildman–Crippen LogP) is 1.65. The molecule has 0 aliphatic carbocycles. The normalized spacial score (nSPS) is 9.40. The molecule has 0 unspecified atom stereocenters. The summed E-state index contributed by atoms with van der Waals surface area (Å²) >= 11 is 0. The topological polar surface area (TPSA) is 22.1 Å². The Bertz CT molecular complexity index is 187. The van der Waals surface area contributed by atoms with Crippen molar-refractivity contribution in [1.29, 1.82) is 0 Å². The Morgan fingerprint density at radius 3 is 2.90 bits per heavy atom. The van der Waals surface area contributed by atoms with Crippen molar-refractivity contribution >= 4 is 0 Å². The number of hydrogen-bond donors (Lipinski definition) is 0.